The number of aryl methyl sites for hydroxylation is 2. The number of nitrogens with one attached hydrogen (secondary N) is 1. The van der Waals surface area contributed by atoms with Crippen molar-refractivity contribution in [3.63, 3.8) is 0 Å². The number of carbonyl (C=O) groups is 2. The maximum Gasteiger partial charge on any atom is 0.225 e. The molecule has 0 bridgehead atoms. The molecule has 3 aromatic rings. The Labute approximate surface area is 188 Å². The molecule has 1 fully saturated rings. The zero-order valence-electron chi connectivity index (χ0n) is 19.1. The minimum atomic E-state index is -0.0566. The molecule has 1 saturated heterocycles. The van der Waals surface area contributed by atoms with Crippen molar-refractivity contribution < 1.29 is 9.59 Å². The predicted molar refractivity (Wildman–Crippen MR) is 122 cm³/mol. The molecule has 1 atom stereocenters. The number of pyridine rings is 1. The molecule has 2 amide bonds. The summed E-state index contributed by atoms with van der Waals surface area (Å²) in [6, 6.07) is 5.64. The molecule has 0 radical (unpaired) electrons. The quantitative estimate of drug-likeness (QED) is 0.643. The van der Waals surface area contributed by atoms with Gasteiger partial charge in [0, 0.05) is 55.0 Å². The summed E-state index contributed by atoms with van der Waals surface area (Å²) >= 11 is 0. The highest BCUT2D eigenvalue weighted by Gasteiger charge is 2.30. The van der Waals surface area contributed by atoms with Gasteiger partial charge in [0.2, 0.25) is 11.8 Å². The first kappa shape index (κ1) is 21.9. The van der Waals surface area contributed by atoms with Crippen molar-refractivity contribution in [2.75, 3.05) is 18.4 Å². The number of aromatic nitrogens is 4. The summed E-state index contributed by atoms with van der Waals surface area (Å²) in [5.74, 6) is 0.388. The highest BCUT2D eigenvalue weighted by atomic mass is 16.2. The number of fused-ring (bicyclic) bond motifs is 1. The normalized spacial score (nSPS) is 16.2. The van der Waals surface area contributed by atoms with Gasteiger partial charge < -0.3 is 10.2 Å². The summed E-state index contributed by atoms with van der Waals surface area (Å²) in [6.07, 6.45) is 5.16. The van der Waals surface area contributed by atoms with E-state index in [4.69, 9.17) is 10.1 Å². The highest BCUT2D eigenvalue weighted by molar-refractivity contribution is 5.90. The van der Waals surface area contributed by atoms with Gasteiger partial charge in [0.1, 0.15) is 0 Å². The van der Waals surface area contributed by atoms with E-state index >= 15 is 0 Å². The van der Waals surface area contributed by atoms with Crippen LogP contribution in [0.25, 0.3) is 5.65 Å². The molecule has 168 valence electrons. The molecule has 8 heteroatoms. The molecule has 1 N–H and O–H groups in total. The Hall–Kier alpha value is -3.29. The number of anilines is 1. The third-order valence-corrected chi connectivity index (χ3v) is 6.14. The average Bonchev–Trinajstić information content (AvgIpc) is 3.41. The molecular formula is C24H30N6O2. The van der Waals surface area contributed by atoms with Crippen molar-refractivity contribution in [2.24, 2.45) is 5.92 Å². The number of nitrogens with zero attached hydrogens (tertiary/aromatic N) is 5. The van der Waals surface area contributed by atoms with Crippen LogP contribution in [0.3, 0.4) is 0 Å². The zero-order valence-corrected chi connectivity index (χ0v) is 19.1. The van der Waals surface area contributed by atoms with Gasteiger partial charge in [-0.3, -0.25) is 14.6 Å². The molecule has 0 saturated carbocycles. The van der Waals surface area contributed by atoms with E-state index in [0.29, 0.717) is 25.1 Å². The molecular weight excluding hydrogens is 404 g/mol. The number of hydrogen-bond acceptors (Lipinski definition) is 5. The number of carbonyl (C=O) groups excluding carboxylic acids is 2. The molecule has 0 spiro atoms. The SMILES string of the molecule is Cc1nc2cc([C@@H]3CCN(C(=O)C(C)C)C3)nn2c(C)c1CCC(=O)Nc1cccnc1. The molecule has 4 heterocycles. The molecule has 4 rings (SSSR count). The van der Waals surface area contributed by atoms with Gasteiger partial charge in [-0.25, -0.2) is 9.50 Å². The third-order valence-electron chi connectivity index (χ3n) is 6.14. The van der Waals surface area contributed by atoms with Gasteiger partial charge in [-0.15, -0.1) is 0 Å². The first-order valence-corrected chi connectivity index (χ1v) is 11.2. The van der Waals surface area contributed by atoms with Crippen molar-refractivity contribution in [1.29, 1.82) is 0 Å². The van der Waals surface area contributed by atoms with E-state index < -0.39 is 0 Å². The van der Waals surface area contributed by atoms with Crippen LogP contribution in [0, 0.1) is 19.8 Å². The lowest BCUT2D eigenvalue weighted by molar-refractivity contribution is -0.133. The maximum absolute atomic E-state index is 12.4. The van der Waals surface area contributed by atoms with E-state index in [9.17, 15) is 9.59 Å². The summed E-state index contributed by atoms with van der Waals surface area (Å²) < 4.78 is 1.88. The lowest BCUT2D eigenvalue weighted by atomic mass is 10.1. The fraction of sp³-hybridized carbons (Fsp3) is 0.458. The minimum Gasteiger partial charge on any atom is -0.342 e. The number of hydrogen-bond donors (Lipinski definition) is 1. The Kier molecular flexibility index (Phi) is 6.21. The van der Waals surface area contributed by atoms with Crippen molar-refractivity contribution in [1.82, 2.24) is 24.5 Å². The Morgan fingerprint density at radius 3 is 2.81 bits per heavy atom. The second kappa shape index (κ2) is 9.06. The Balaban J connectivity index is 1.48. The molecule has 1 aliphatic heterocycles. The molecule has 1 aliphatic rings. The summed E-state index contributed by atoms with van der Waals surface area (Å²) in [4.78, 5) is 35.4. The topological polar surface area (TPSA) is 92.5 Å². The van der Waals surface area contributed by atoms with E-state index in [1.165, 1.54) is 0 Å². The summed E-state index contributed by atoms with van der Waals surface area (Å²) in [5, 5.41) is 7.71. The molecule has 32 heavy (non-hydrogen) atoms. The van der Waals surface area contributed by atoms with Gasteiger partial charge in [-0.05, 0) is 44.4 Å². The van der Waals surface area contributed by atoms with Gasteiger partial charge in [0.15, 0.2) is 5.65 Å². The van der Waals surface area contributed by atoms with Gasteiger partial charge in [-0.2, -0.15) is 5.10 Å². The van der Waals surface area contributed by atoms with Crippen LogP contribution in [0.15, 0.2) is 30.6 Å². The second-order valence-electron chi connectivity index (χ2n) is 8.81. The van der Waals surface area contributed by atoms with Crippen LogP contribution in [0.4, 0.5) is 5.69 Å². The van der Waals surface area contributed by atoms with Gasteiger partial charge >= 0.3 is 0 Å². The molecule has 3 aromatic heterocycles. The first-order valence-electron chi connectivity index (χ1n) is 11.2. The number of amides is 2. The molecule has 0 unspecified atom stereocenters. The third kappa shape index (κ3) is 4.49. The Morgan fingerprint density at radius 1 is 1.28 bits per heavy atom. The van der Waals surface area contributed by atoms with Crippen LogP contribution in [-0.4, -0.2) is 49.4 Å². The Morgan fingerprint density at radius 2 is 2.09 bits per heavy atom. The van der Waals surface area contributed by atoms with E-state index in [0.717, 1.165) is 41.3 Å². The van der Waals surface area contributed by atoms with Crippen molar-refractivity contribution in [3.8, 4) is 0 Å². The smallest absolute Gasteiger partial charge is 0.225 e. The lowest BCUT2D eigenvalue weighted by Gasteiger charge is -2.18. The van der Waals surface area contributed by atoms with Crippen LogP contribution in [0.5, 0.6) is 0 Å². The van der Waals surface area contributed by atoms with Gasteiger partial charge in [0.25, 0.3) is 0 Å². The van der Waals surface area contributed by atoms with Crippen LogP contribution < -0.4 is 5.32 Å². The van der Waals surface area contributed by atoms with Gasteiger partial charge in [-0.1, -0.05) is 13.8 Å². The molecule has 8 nitrogen and oxygen atoms in total. The van der Waals surface area contributed by atoms with E-state index in [2.05, 4.69) is 10.3 Å². The first-order chi connectivity index (χ1) is 15.3. The number of rotatable bonds is 6. The summed E-state index contributed by atoms with van der Waals surface area (Å²) in [6.45, 7) is 9.37. The van der Waals surface area contributed by atoms with E-state index in [1.807, 2.05) is 49.2 Å². The van der Waals surface area contributed by atoms with E-state index in [1.54, 1.807) is 18.5 Å². The lowest BCUT2D eigenvalue weighted by Crippen LogP contribution is -2.32. The predicted octanol–water partition coefficient (Wildman–Crippen LogP) is 3.28. The largest absolute Gasteiger partial charge is 0.342 e. The summed E-state index contributed by atoms with van der Waals surface area (Å²) in [7, 11) is 0. The molecule has 0 aromatic carbocycles. The standard InChI is InChI=1S/C24H30N6O2/c1-15(2)24(32)29-11-9-18(14-29)21-12-22-26-16(3)20(17(4)30(22)28-21)7-8-23(31)27-19-6-5-10-25-13-19/h5-6,10,12-13,15,18H,7-9,11,14H2,1-4H3,(H,27,31)/t18-/m1/s1. The van der Waals surface area contributed by atoms with Crippen LogP contribution >= 0.6 is 0 Å². The van der Waals surface area contributed by atoms with Crippen LogP contribution in [0.2, 0.25) is 0 Å². The maximum atomic E-state index is 12.4. The van der Waals surface area contributed by atoms with E-state index in [-0.39, 0.29) is 23.7 Å². The fourth-order valence-corrected chi connectivity index (χ4v) is 4.37. The van der Waals surface area contributed by atoms with Crippen molar-refractivity contribution >= 4 is 23.1 Å². The fourth-order valence-electron chi connectivity index (χ4n) is 4.37. The van der Waals surface area contributed by atoms with Crippen LogP contribution in [0.1, 0.15) is 55.3 Å². The second-order valence-corrected chi connectivity index (χ2v) is 8.81. The van der Waals surface area contributed by atoms with Gasteiger partial charge in [0.05, 0.1) is 17.6 Å². The highest BCUT2D eigenvalue weighted by Crippen LogP contribution is 2.28. The van der Waals surface area contributed by atoms with Crippen molar-refractivity contribution in [2.45, 2.75) is 52.9 Å². The summed E-state index contributed by atoms with van der Waals surface area (Å²) in [5.41, 5.74) is 5.44. The molecule has 0 aliphatic carbocycles. The average molecular weight is 435 g/mol. The van der Waals surface area contributed by atoms with Crippen LogP contribution in [-0.2, 0) is 16.0 Å². The number of likely N-dealkylation sites (tertiary alicyclic amines) is 1. The van der Waals surface area contributed by atoms with Crippen molar-refractivity contribution in [3.05, 3.63) is 53.2 Å². The zero-order chi connectivity index (χ0) is 22.8. The Bertz CT molecular complexity index is 1140. The minimum absolute atomic E-state index is 0.0132. The monoisotopic (exact) mass is 434 g/mol.